The van der Waals surface area contributed by atoms with Crippen molar-refractivity contribution in [2.75, 3.05) is 0 Å². The highest BCUT2D eigenvalue weighted by Gasteiger charge is 2.22. The lowest BCUT2D eigenvalue weighted by atomic mass is 9.97. The topological polar surface area (TPSA) is 50.9 Å². The Bertz CT molecular complexity index is 966. The van der Waals surface area contributed by atoms with Crippen LogP contribution in [0.2, 0.25) is 0 Å². The molecule has 1 unspecified atom stereocenters. The van der Waals surface area contributed by atoms with Gasteiger partial charge in [0.2, 0.25) is 0 Å². The van der Waals surface area contributed by atoms with Gasteiger partial charge in [0.25, 0.3) is 0 Å². The number of phenols is 1. The third-order valence-electron chi connectivity index (χ3n) is 5.21. The van der Waals surface area contributed by atoms with Crippen LogP contribution in [0.15, 0.2) is 30.8 Å². The van der Waals surface area contributed by atoms with Gasteiger partial charge in [-0.2, -0.15) is 0 Å². The van der Waals surface area contributed by atoms with Gasteiger partial charge in [-0.15, -0.1) is 21.5 Å². The molecule has 27 heavy (non-hydrogen) atoms. The Labute approximate surface area is 165 Å². The molecule has 3 rings (SSSR count). The molecule has 0 aliphatic heterocycles. The third-order valence-corrected chi connectivity index (χ3v) is 6.40. The van der Waals surface area contributed by atoms with Crippen molar-refractivity contribution in [1.82, 2.24) is 14.8 Å². The molecule has 0 saturated heterocycles. The molecule has 0 spiro atoms. The molecule has 0 fully saturated rings. The fourth-order valence-corrected chi connectivity index (χ4v) is 4.44. The average molecular weight is 382 g/mol. The molecule has 2 aromatic heterocycles. The molecular formula is C22H27N3OS. The number of aromatic nitrogens is 3. The Balaban J connectivity index is 2.14. The molecule has 1 atom stereocenters. The van der Waals surface area contributed by atoms with E-state index in [1.54, 1.807) is 23.5 Å². The Kier molecular flexibility index (Phi) is 5.51. The monoisotopic (exact) mass is 381 g/mol. The van der Waals surface area contributed by atoms with E-state index in [2.05, 4.69) is 49.0 Å². The lowest BCUT2D eigenvalue weighted by Crippen LogP contribution is -2.08. The molecular weight excluding hydrogens is 354 g/mol. The van der Waals surface area contributed by atoms with Crippen molar-refractivity contribution in [1.29, 1.82) is 0 Å². The van der Waals surface area contributed by atoms with Crippen LogP contribution in [-0.4, -0.2) is 19.9 Å². The molecule has 0 saturated carbocycles. The van der Waals surface area contributed by atoms with Gasteiger partial charge in [-0.05, 0) is 55.5 Å². The first-order chi connectivity index (χ1) is 12.8. The Morgan fingerprint density at radius 2 is 1.85 bits per heavy atom. The van der Waals surface area contributed by atoms with Crippen LogP contribution < -0.4 is 0 Å². The molecule has 5 heteroatoms. The SMILES string of the molecule is C=C(c1ccc(O)cc1)c1c(-n2c(C)nnc2CC(C)CC)sc(C)c1C. The summed E-state index contributed by atoms with van der Waals surface area (Å²) in [6.07, 6.45) is 2.01. The Morgan fingerprint density at radius 3 is 2.48 bits per heavy atom. The highest BCUT2D eigenvalue weighted by Crippen LogP contribution is 2.39. The number of thiophene rings is 1. The van der Waals surface area contributed by atoms with Gasteiger partial charge >= 0.3 is 0 Å². The minimum Gasteiger partial charge on any atom is -0.508 e. The standard InChI is InChI=1S/C22H27N3OS/c1-7-13(2)12-20-24-23-17(6)25(20)22-21(14(3)16(5)27-22)15(4)18-8-10-19(26)11-9-18/h8-11,13,26H,4,7,12H2,1-3,5-6H3. The van der Waals surface area contributed by atoms with Crippen LogP contribution in [-0.2, 0) is 6.42 Å². The maximum Gasteiger partial charge on any atom is 0.138 e. The first kappa shape index (κ1) is 19.4. The zero-order valence-corrected chi connectivity index (χ0v) is 17.5. The number of rotatable bonds is 6. The number of hydrogen-bond donors (Lipinski definition) is 1. The van der Waals surface area contributed by atoms with Gasteiger partial charge < -0.3 is 5.11 Å². The van der Waals surface area contributed by atoms with Crippen molar-refractivity contribution < 1.29 is 5.11 Å². The number of aromatic hydroxyl groups is 1. The molecule has 3 aromatic rings. The van der Waals surface area contributed by atoms with E-state index in [9.17, 15) is 5.11 Å². The second-order valence-electron chi connectivity index (χ2n) is 7.21. The number of phenolic OH excluding ortho intramolecular Hbond substituents is 1. The number of hydrogen-bond acceptors (Lipinski definition) is 4. The highest BCUT2D eigenvalue weighted by atomic mass is 32.1. The molecule has 1 aromatic carbocycles. The third kappa shape index (κ3) is 3.69. The van der Waals surface area contributed by atoms with Crippen molar-refractivity contribution in [3.05, 3.63) is 64.1 Å². The molecule has 0 bridgehead atoms. The summed E-state index contributed by atoms with van der Waals surface area (Å²) in [5, 5.41) is 19.6. The van der Waals surface area contributed by atoms with Crippen LogP contribution >= 0.6 is 11.3 Å². The highest BCUT2D eigenvalue weighted by molar-refractivity contribution is 7.15. The first-order valence-electron chi connectivity index (χ1n) is 9.33. The molecule has 0 radical (unpaired) electrons. The largest absolute Gasteiger partial charge is 0.508 e. The van der Waals surface area contributed by atoms with Gasteiger partial charge in [-0.3, -0.25) is 4.57 Å². The van der Waals surface area contributed by atoms with Gasteiger partial charge in [-0.1, -0.05) is 39.0 Å². The Hall–Kier alpha value is -2.40. The van der Waals surface area contributed by atoms with Crippen molar-refractivity contribution in [3.8, 4) is 10.8 Å². The molecule has 0 amide bonds. The van der Waals surface area contributed by atoms with Crippen LogP contribution in [0.4, 0.5) is 0 Å². The van der Waals surface area contributed by atoms with Crippen molar-refractivity contribution in [2.24, 2.45) is 5.92 Å². The summed E-state index contributed by atoms with van der Waals surface area (Å²) < 4.78 is 2.19. The van der Waals surface area contributed by atoms with E-state index in [0.717, 1.165) is 46.2 Å². The second-order valence-corrected chi connectivity index (χ2v) is 8.41. The van der Waals surface area contributed by atoms with Crippen molar-refractivity contribution in [3.63, 3.8) is 0 Å². The van der Waals surface area contributed by atoms with Gasteiger partial charge in [0.05, 0.1) is 0 Å². The van der Waals surface area contributed by atoms with Crippen LogP contribution in [0, 0.1) is 26.7 Å². The lowest BCUT2D eigenvalue weighted by Gasteiger charge is -2.14. The number of nitrogens with zero attached hydrogens (tertiary/aromatic N) is 3. The predicted molar refractivity (Wildman–Crippen MR) is 113 cm³/mol. The van der Waals surface area contributed by atoms with Crippen LogP contribution in [0.25, 0.3) is 10.6 Å². The van der Waals surface area contributed by atoms with E-state index in [1.807, 2.05) is 19.1 Å². The fourth-order valence-electron chi connectivity index (χ4n) is 3.19. The summed E-state index contributed by atoms with van der Waals surface area (Å²) in [4.78, 5) is 1.27. The summed E-state index contributed by atoms with van der Waals surface area (Å²) in [6.45, 7) is 15.1. The van der Waals surface area contributed by atoms with Gasteiger partial charge in [-0.25, -0.2) is 0 Å². The van der Waals surface area contributed by atoms with Crippen LogP contribution in [0.1, 0.15) is 53.5 Å². The number of benzene rings is 1. The van der Waals surface area contributed by atoms with Crippen LogP contribution in [0.5, 0.6) is 5.75 Å². The fraction of sp³-hybridized carbons (Fsp3) is 0.364. The quantitative estimate of drug-likeness (QED) is 0.604. The Morgan fingerprint density at radius 1 is 1.19 bits per heavy atom. The second kappa shape index (κ2) is 7.69. The molecule has 1 N–H and O–H groups in total. The molecule has 4 nitrogen and oxygen atoms in total. The van der Waals surface area contributed by atoms with E-state index < -0.39 is 0 Å². The van der Waals surface area contributed by atoms with Gasteiger partial charge in [0.1, 0.15) is 22.4 Å². The summed E-state index contributed by atoms with van der Waals surface area (Å²) in [5.41, 5.74) is 4.32. The zero-order chi connectivity index (χ0) is 19.7. The maximum atomic E-state index is 9.60. The maximum absolute atomic E-state index is 9.60. The molecule has 2 heterocycles. The van der Waals surface area contributed by atoms with Crippen molar-refractivity contribution in [2.45, 2.75) is 47.5 Å². The predicted octanol–water partition coefficient (Wildman–Crippen LogP) is 5.61. The summed E-state index contributed by atoms with van der Waals surface area (Å²) in [6, 6.07) is 7.22. The number of aryl methyl sites for hydroxylation is 2. The first-order valence-corrected chi connectivity index (χ1v) is 10.1. The van der Waals surface area contributed by atoms with E-state index in [1.165, 1.54) is 10.4 Å². The zero-order valence-electron chi connectivity index (χ0n) is 16.7. The van der Waals surface area contributed by atoms with Gasteiger partial charge in [0.15, 0.2) is 0 Å². The molecule has 142 valence electrons. The van der Waals surface area contributed by atoms with Crippen molar-refractivity contribution >= 4 is 16.9 Å². The minimum atomic E-state index is 0.260. The average Bonchev–Trinajstić information content (AvgIpc) is 3.14. The lowest BCUT2D eigenvalue weighted by molar-refractivity contribution is 0.475. The summed E-state index contributed by atoms with van der Waals surface area (Å²) in [5.74, 6) is 2.71. The van der Waals surface area contributed by atoms with E-state index in [-0.39, 0.29) is 5.75 Å². The minimum absolute atomic E-state index is 0.260. The van der Waals surface area contributed by atoms with E-state index in [0.29, 0.717) is 5.92 Å². The van der Waals surface area contributed by atoms with E-state index in [4.69, 9.17) is 0 Å². The van der Waals surface area contributed by atoms with E-state index >= 15 is 0 Å². The van der Waals surface area contributed by atoms with Gasteiger partial charge in [0, 0.05) is 16.9 Å². The summed E-state index contributed by atoms with van der Waals surface area (Å²) >= 11 is 1.76. The molecule has 0 aliphatic carbocycles. The normalized spacial score (nSPS) is 12.3. The summed E-state index contributed by atoms with van der Waals surface area (Å²) in [7, 11) is 0. The molecule has 0 aliphatic rings. The smallest absolute Gasteiger partial charge is 0.138 e. The van der Waals surface area contributed by atoms with Crippen LogP contribution in [0.3, 0.4) is 0 Å².